The molecule has 3 N–H and O–H groups in total. The lowest BCUT2D eigenvalue weighted by Crippen LogP contribution is -2.15. The Hall–Kier alpha value is -0.750. The van der Waals surface area contributed by atoms with E-state index in [1.54, 1.807) is 13.1 Å². The zero-order valence-corrected chi connectivity index (χ0v) is 12.6. The monoisotopic (exact) mass is 378 g/mol. The van der Waals surface area contributed by atoms with Crippen LogP contribution in [0.2, 0.25) is 0 Å². The molecular weight excluding hydrogens is 372 g/mol. The summed E-state index contributed by atoms with van der Waals surface area (Å²) in [4.78, 5) is 4.67. The topological polar surface area (TPSA) is 92.8 Å². The Labute approximate surface area is 119 Å². The molecule has 8 heteroatoms. The molecule has 0 aliphatic heterocycles. The number of aliphatic hydroxyl groups excluding tert-OH is 1. The van der Waals surface area contributed by atoms with Gasteiger partial charge in [-0.1, -0.05) is 0 Å². The molecule has 1 atom stereocenters. The van der Waals surface area contributed by atoms with Gasteiger partial charge in [0.2, 0.25) is 0 Å². The van der Waals surface area contributed by atoms with E-state index >= 15 is 0 Å². The molecule has 0 saturated heterocycles. The van der Waals surface area contributed by atoms with E-state index in [0.717, 1.165) is 0 Å². The fourth-order valence-electron chi connectivity index (χ4n) is 1.07. The summed E-state index contributed by atoms with van der Waals surface area (Å²) < 4.78 is 1.18. The molecule has 0 radical (unpaired) electrons. The number of aromatic nitrogens is 1. The van der Waals surface area contributed by atoms with Crippen molar-refractivity contribution in [3.63, 3.8) is 0 Å². The summed E-state index contributed by atoms with van der Waals surface area (Å²) in [5.74, 6) is 0. The first kappa shape index (κ1) is 14.3. The molecule has 0 amide bonds. The summed E-state index contributed by atoms with van der Waals surface area (Å²) in [7, 11) is 1.61. The van der Waals surface area contributed by atoms with Gasteiger partial charge < -0.3 is 10.4 Å². The van der Waals surface area contributed by atoms with Gasteiger partial charge in [-0.3, -0.25) is 5.41 Å². The van der Waals surface area contributed by atoms with Gasteiger partial charge in [0, 0.05) is 12.7 Å². The van der Waals surface area contributed by atoms with E-state index in [2.05, 4.69) is 42.2 Å². The van der Waals surface area contributed by atoms with Crippen LogP contribution >= 0.6 is 43.2 Å². The molecule has 0 aliphatic carbocycles. The molecule has 5 nitrogen and oxygen atoms in total. The van der Waals surface area contributed by atoms with Gasteiger partial charge in [-0.2, -0.15) is 5.26 Å². The Bertz CT molecular complexity index is 506. The Morgan fingerprint density at radius 1 is 1.71 bits per heavy atom. The molecule has 1 heterocycles. The van der Waals surface area contributed by atoms with Crippen molar-refractivity contribution in [1.29, 1.82) is 10.7 Å². The second-order valence-electron chi connectivity index (χ2n) is 2.90. The van der Waals surface area contributed by atoms with Crippen molar-refractivity contribution in [2.24, 2.45) is 0 Å². The van der Waals surface area contributed by atoms with Gasteiger partial charge in [-0.05, 0) is 37.9 Å². The van der Waals surface area contributed by atoms with Crippen LogP contribution in [0.25, 0.3) is 0 Å². The van der Waals surface area contributed by atoms with Crippen molar-refractivity contribution in [1.82, 2.24) is 10.3 Å². The molecule has 0 bridgehead atoms. The number of halogens is 2. The molecule has 0 saturated carbocycles. The van der Waals surface area contributed by atoms with Gasteiger partial charge >= 0.3 is 0 Å². The SMILES string of the molecule is CN/C(=C\C(=N)C#N)C(O)c1sc(Br)nc1Br. The highest BCUT2D eigenvalue weighted by Crippen LogP contribution is 2.34. The number of rotatable bonds is 4. The molecule has 0 spiro atoms. The van der Waals surface area contributed by atoms with Gasteiger partial charge in [0.25, 0.3) is 0 Å². The van der Waals surface area contributed by atoms with Crippen molar-refractivity contribution in [2.45, 2.75) is 6.10 Å². The maximum absolute atomic E-state index is 10.1. The third-order valence-electron chi connectivity index (χ3n) is 1.84. The Balaban J connectivity index is 3.06. The molecule has 90 valence electrons. The largest absolute Gasteiger partial charge is 0.389 e. The third-order valence-corrected chi connectivity index (χ3v) is 4.26. The van der Waals surface area contributed by atoms with E-state index in [0.29, 0.717) is 19.1 Å². The summed E-state index contributed by atoms with van der Waals surface area (Å²) in [6, 6.07) is 1.68. The van der Waals surface area contributed by atoms with E-state index in [1.165, 1.54) is 17.4 Å². The van der Waals surface area contributed by atoms with E-state index in [4.69, 9.17) is 10.7 Å². The minimum Gasteiger partial charge on any atom is -0.389 e. The first-order valence-electron chi connectivity index (χ1n) is 4.37. The predicted molar refractivity (Wildman–Crippen MR) is 73.0 cm³/mol. The van der Waals surface area contributed by atoms with Crippen LogP contribution in [0.4, 0.5) is 0 Å². The molecule has 0 fully saturated rings. The van der Waals surface area contributed by atoms with Crippen molar-refractivity contribution >= 4 is 48.9 Å². The number of allylic oxidation sites excluding steroid dienone is 1. The molecule has 1 rings (SSSR count). The Morgan fingerprint density at radius 2 is 2.35 bits per heavy atom. The molecule has 0 aliphatic rings. The summed E-state index contributed by atoms with van der Waals surface area (Å²) >= 11 is 7.73. The second-order valence-corrected chi connectivity index (χ2v) is 5.96. The zero-order chi connectivity index (χ0) is 13.0. The summed E-state index contributed by atoms with van der Waals surface area (Å²) in [6.45, 7) is 0. The standard InChI is InChI=1S/C9H8Br2N4OS/c1-14-5(2-4(13)3-12)6(16)7-8(10)15-9(11)17-7/h2,6,13-14,16H,1H3/b5-2-,13-4?. The number of nitrogens with one attached hydrogen (secondary N) is 2. The van der Waals surface area contributed by atoms with Crippen molar-refractivity contribution in [3.8, 4) is 6.07 Å². The number of aliphatic hydroxyl groups is 1. The molecule has 17 heavy (non-hydrogen) atoms. The normalized spacial score (nSPS) is 13.0. The van der Waals surface area contributed by atoms with E-state index in [9.17, 15) is 5.11 Å². The highest BCUT2D eigenvalue weighted by Gasteiger charge is 2.20. The smallest absolute Gasteiger partial charge is 0.160 e. The third kappa shape index (κ3) is 3.61. The zero-order valence-electron chi connectivity index (χ0n) is 8.66. The van der Waals surface area contributed by atoms with E-state index < -0.39 is 6.10 Å². The van der Waals surface area contributed by atoms with Crippen LogP contribution < -0.4 is 5.32 Å². The van der Waals surface area contributed by atoms with Crippen LogP contribution in [-0.2, 0) is 0 Å². The average Bonchev–Trinajstić information content (AvgIpc) is 2.64. The van der Waals surface area contributed by atoms with Crippen LogP contribution in [-0.4, -0.2) is 22.8 Å². The quantitative estimate of drug-likeness (QED) is 0.700. The molecule has 1 aromatic rings. The van der Waals surface area contributed by atoms with Gasteiger partial charge in [0.15, 0.2) is 3.92 Å². The van der Waals surface area contributed by atoms with Crippen molar-refractivity contribution in [2.75, 3.05) is 7.05 Å². The fraction of sp³-hybridized carbons (Fsp3) is 0.222. The van der Waals surface area contributed by atoms with Gasteiger partial charge in [0.1, 0.15) is 22.5 Å². The summed E-state index contributed by atoms with van der Waals surface area (Å²) in [5, 5.41) is 28.7. The minimum absolute atomic E-state index is 0.229. The second kappa shape index (κ2) is 6.26. The van der Waals surface area contributed by atoms with Crippen molar-refractivity contribution in [3.05, 3.63) is 25.2 Å². The molecular formula is C9H8Br2N4OS. The Morgan fingerprint density at radius 3 is 2.76 bits per heavy atom. The minimum atomic E-state index is -0.952. The van der Waals surface area contributed by atoms with Crippen LogP contribution in [0.1, 0.15) is 11.0 Å². The van der Waals surface area contributed by atoms with E-state index in [-0.39, 0.29) is 5.71 Å². The maximum atomic E-state index is 10.1. The molecule has 1 unspecified atom stereocenters. The first-order valence-corrected chi connectivity index (χ1v) is 6.77. The highest BCUT2D eigenvalue weighted by molar-refractivity contribution is 9.11. The van der Waals surface area contributed by atoms with Crippen molar-refractivity contribution < 1.29 is 5.11 Å². The lowest BCUT2D eigenvalue weighted by molar-refractivity contribution is 0.211. The number of thiazole rings is 1. The number of nitriles is 1. The van der Waals surface area contributed by atoms with Gasteiger partial charge in [0.05, 0.1) is 4.88 Å². The lowest BCUT2D eigenvalue weighted by atomic mass is 10.2. The lowest BCUT2D eigenvalue weighted by Gasteiger charge is -2.12. The number of nitrogens with zero attached hydrogens (tertiary/aromatic N) is 2. The van der Waals surface area contributed by atoms with Crippen LogP contribution in [0, 0.1) is 16.7 Å². The molecule has 1 aromatic heterocycles. The first-order chi connectivity index (χ1) is 7.99. The number of hydrogen-bond acceptors (Lipinski definition) is 6. The predicted octanol–water partition coefficient (Wildman–Crippen LogP) is 2.35. The summed E-state index contributed by atoms with van der Waals surface area (Å²) in [6.07, 6.45) is 0.331. The highest BCUT2D eigenvalue weighted by atomic mass is 79.9. The summed E-state index contributed by atoms with van der Waals surface area (Å²) in [5.41, 5.74) is 0.140. The van der Waals surface area contributed by atoms with Crippen LogP contribution in [0.15, 0.2) is 20.3 Å². The average molecular weight is 380 g/mol. The molecule has 0 aromatic carbocycles. The number of likely N-dealkylation sites (N-methyl/N-ethyl adjacent to an activating group) is 1. The maximum Gasteiger partial charge on any atom is 0.160 e. The van der Waals surface area contributed by atoms with Gasteiger partial charge in [-0.25, -0.2) is 4.98 Å². The van der Waals surface area contributed by atoms with Crippen LogP contribution in [0.3, 0.4) is 0 Å². The fourth-order valence-corrected chi connectivity index (χ4v) is 3.45. The van der Waals surface area contributed by atoms with Crippen LogP contribution in [0.5, 0.6) is 0 Å². The van der Waals surface area contributed by atoms with Gasteiger partial charge in [-0.15, -0.1) is 11.3 Å². The number of hydrogen-bond donors (Lipinski definition) is 3. The van der Waals surface area contributed by atoms with E-state index in [1.807, 2.05) is 0 Å². The Kier molecular flexibility index (Phi) is 5.27.